The lowest BCUT2D eigenvalue weighted by molar-refractivity contribution is 0.0741. The van der Waals surface area contributed by atoms with Crippen LogP contribution in [0.3, 0.4) is 0 Å². The minimum Gasteiger partial charge on any atom is -0.481 e. The molecule has 2 aromatic heterocycles. The van der Waals surface area contributed by atoms with E-state index in [1.54, 1.807) is 31.6 Å². The first-order valence-corrected chi connectivity index (χ1v) is 6.82. The second-order valence-corrected chi connectivity index (χ2v) is 4.76. The third-order valence-electron chi connectivity index (χ3n) is 3.50. The van der Waals surface area contributed by atoms with Crippen molar-refractivity contribution in [2.75, 3.05) is 38.2 Å². The molecule has 0 radical (unpaired) electrons. The summed E-state index contributed by atoms with van der Waals surface area (Å²) in [6, 6.07) is 5.34. The maximum Gasteiger partial charge on any atom is 0.270 e. The summed E-state index contributed by atoms with van der Waals surface area (Å²) in [5, 5.41) is 0. The highest BCUT2D eigenvalue weighted by Crippen LogP contribution is 2.15. The molecule has 1 aliphatic rings. The Hall–Kier alpha value is -2.57. The van der Waals surface area contributed by atoms with Gasteiger partial charge in [0.05, 0.1) is 7.11 Å². The summed E-state index contributed by atoms with van der Waals surface area (Å²) < 4.78 is 5.11. The van der Waals surface area contributed by atoms with E-state index in [1.165, 1.54) is 0 Å². The molecule has 0 atom stereocenters. The molecule has 21 heavy (non-hydrogen) atoms. The highest BCUT2D eigenvalue weighted by atomic mass is 16.5. The zero-order valence-corrected chi connectivity index (χ0v) is 11.8. The Balaban J connectivity index is 1.63. The fourth-order valence-corrected chi connectivity index (χ4v) is 2.34. The van der Waals surface area contributed by atoms with E-state index < -0.39 is 0 Å². The first-order valence-electron chi connectivity index (χ1n) is 6.82. The normalized spacial score (nSPS) is 15.1. The lowest BCUT2D eigenvalue weighted by atomic mass is 10.3. The SMILES string of the molecule is COc1ccnc(N2CCN(C(=O)c3ccc[nH]3)CC2)n1. The zero-order valence-electron chi connectivity index (χ0n) is 11.8. The summed E-state index contributed by atoms with van der Waals surface area (Å²) in [5.74, 6) is 1.22. The number of carbonyl (C=O) groups excluding carboxylic acids is 1. The first kappa shape index (κ1) is 13.4. The average Bonchev–Trinajstić information content (AvgIpc) is 3.09. The van der Waals surface area contributed by atoms with Crippen molar-refractivity contribution in [2.45, 2.75) is 0 Å². The molecular formula is C14H17N5O2. The molecule has 0 aromatic carbocycles. The van der Waals surface area contributed by atoms with E-state index >= 15 is 0 Å². The van der Waals surface area contributed by atoms with Crippen LogP contribution in [-0.2, 0) is 0 Å². The van der Waals surface area contributed by atoms with E-state index in [0.717, 1.165) is 0 Å². The molecule has 1 N–H and O–H groups in total. The molecule has 110 valence electrons. The van der Waals surface area contributed by atoms with Crippen molar-refractivity contribution in [3.05, 3.63) is 36.3 Å². The number of aromatic nitrogens is 3. The number of ether oxygens (including phenoxy) is 1. The smallest absolute Gasteiger partial charge is 0.270 e. The van der Waals surface area contributed by atoms with Crippen LogP contribution < -0.4 is 9.64 Å². The number of carbonyl (C=O) groups is 1. The summed E-state index contributed by atoms with van der Waals surface area (Å²) in [6.45, 7) is 2.72. The fraction of sp³-hybridized carbons (Fsp3) is 0.357. The number of amides is 1. The van der Waals surface area contributed by atoms with Crippen molar-refractivity contribution in [1.82, 2.24) is 19.9 Å². The first-order chi connectivity index (χ1) is 10.3. The largest absolute Gasteiger partial charge is 0.481 e. The number of methoxy groups -OCH3 is 1. The van der Waals surface area contributed by atoms with E-state index in [0.29, 0.717) is 43.7 Å². The second kappa shape index (κ2) is 5.82. The van der Waals surface area contributed by atoms with Crippen LogP contribution in [-0.4, -0.2) is 59.0 Å². The highest BCUT2D eigenvalue weighted by molar-refractivity contribution is 5.92. The van der Waals surface area contributed by atoms with Crippen molar-refractivity contribution in [1.29, 1.82) is 0 Å². The van der Waals surface area contributed by atoms with Crippen molar-refractivity contribution in [3.8, 4) is 5.88 Å². The van der Waals surface area contributed by atoms with E-state index in [-0.39, 0.29) is 5.91 Å². The minimum atomic E-state index is 0.0335. The summed E-state index contributed by atoms with van der Waals surface area (Å²) in [5.41, 5.74) is 0.626. The van der Waals surface area contributed by atoms with Gasteiger partial charge in [-0.25, -0.2) is 4.98 Å². The summed E-state index contributed by atoms with van der Waals surface area (Å²) in [7, 11) is 1.58. The Morgan fingerprint density at radius 3 is 2.76 bits per heavy atom. The van der Waals surface area contributed by atoms with Gasteiger partial charge in [-0.3, -0.25) is 4.79 Å². The Labute approximate surface area is 122 Å². The van der Waals surface area contributed by atoms with Crippen LogP contribution in [0.5, 0.6) is 5.88 Å². The number of hydrogen-bond donors (Lipinski definition) is 1. The van der Waals surface area contributed by atoms with Gasteiger partial charge in [0.25, 0.3) is 5.91 Å². The molecule has 0 bridgehead atoms. The fourth-order valence-electron chi connectivity index (χ4n) is 2.34. The predicted molar refractivity (Wildman–Crippen MR) is 77.5 cm³/mol. The molecule has 0 spiro atoms. The molecule has 1 aliphatic heterocycles. The van der Waals surface area contributed by atoms with Crippen molar-refractivity contribution < 1.29 is 9.53 Å². The number of nitrogens with one attached hydrogen (secondary N) is 1. The number of piperazine rings is 1. The molecule has 0 aliphatic carbocycles. The lowest BCUT2D eigenvalue weighted by Gasteiger charge is -2.34. The van der Waals surface area contributed by atoms with Crippen LogP contribution in [0.1, 0.15) is 10.5 Å². The van der Waals surface area contributed by atoms with Crippen LogP contribution >= 0.6 is 0 Å². The van der Waals surface area contributed by atoms with E-state index in [1.807, 2.05) is 11.0 Å². The topological polar surface area (TPSA) is 74.3 Å². The third kappa shape index (κ3) is 2.81. The number of hydrogen-bond acceptors (Lipinski definition) is 5. The standard InChI is InChI=1S/C14H17N5O2/c1-21-12-4-6-16-14(17-12)19-9-7-18(8-10-19)13(20)11-3-2-5-15-11/h2-6,15H,7-10H2,1H3. The number of anilines is 1. The average molecular weight is 287 g/mol. The van der Waals surface area contributed by atoms with Gasteiger partial charge < -0.3 is 19.5 Å². The number of aromatic amines is 1. The van der Waals surface area contributed by atoms with Gasteiger partial charge in [0.2, 0.25) is 11.8 Å². The Morgan fingerprint density at radius 2 is 2.10 bits per heavy atom. The maximum atomic E-state index is 12.2. The molecule has 1 saturated heterocycles. The quantitative estimate of drug-likeness (QED) is 0.903. The van der Waals surface area contributed by atoms with Crippen molar-refractivity contribution in [3.63, 3.8) is 0 Å². The Morgan fingerprint density at radius 1 is 1.29 bits per heavy atom. The molecule has 3 heterocycles. The Kier molecular flexibility index (Phi) is 3.72. The summed E-state index contributed by atoms with van der Waals surface area (Å²) in [4.78, 5) is 27.6. The van der Waals surface area contributed by atoms with E-state index in [4.69, 9.17) is 4.74 Å². The maximum absolute atomic E-state index is 12.2. The van der Waals surface area contributed by atoms with Gasteiger partial charge in [-0.15, -0.1) is 0 Å². The zero-order chi connectivity index (χ0) is 14.7. The number of nitrogens with zero attached hydrogens (tertiary/aromatic N) is 4. The molecule has 7 nitrogen and oxygen atoms in total. The monoisotopic (exact) mass is 287 g/mol. The van der Waals surface area contributed by atoms with Gasteiger partial charge in [0.15, 0.2) is 0 Å². The lowest BCUT2D eigenvalue weighted by Crippen LogP contribution is -2.49. The van der Waals surface area contributed by atoms with Crippen molar-refractivity contribution in [2.24, 2.45) is 0 Å². The number of rotatable bonds is 3. The third-order valence-corrected chi connectivity index (χ3v) is 3.50. The van der Waals surface area contributed by atoms with Crippen LogP contribution in [0.15, 0.2) is 30.6 Å². The minimum absolute atomic E-state index is 0.0335. The van der Waals surface area contributed by atoms with Gasteiger partial charge >= 0.3 is 0 Å². The van der Waals surface area contributed by atoms with Crippen LogP contribution in [0.25, 0.3) is 0 Å². The van der Waals surface area contributed by atoms with Crippen LogP contribution in [0, 0.1) is 0 Å². The van der Waals surface area contributed by atoms with Gasteiger partial charge in [-0.2, -0.15) is 4.98 Å². The summed E-state index contributed by atoms with van der Waals surface area (Å²) >= 11 is 0. The molecule has 0 saturated carbocycles. The summed E-state index contributed by atoms with van der Waals surface area (Å²) in [6.07, 6.45) is 3.44. The van der Waals surface area contributed by atoms with Gasteiger partial charge in [0.1, 0.15) is 5.69 Å². The van der Waals surface area contributed by atoms with Crippen molar-refractivity contribution >= 4 is 11.9 Å². The van der Waals surface area contributed by atoms with E-state index in [9.17, 15) is 4.79 Å². The van der Waals surface area contributed by atoms with Crippen LogP contribution in [0.2, 0.25) is 0 Å². The molecule has 0 unspecified atom stereocenters. The number of H-pyrrole nitrogens is 1. The molecule has 1 fully saturated rings. The van der Waals surface area contributed by atoms with Gasteiger partial charge in [-0.05, 0) is 12.1 Å². The predicted octanol–water partition coefficient (Wildman–Crippen LogP) is 0.776. The second-order valence-electron chi connectivity index (χ2n) is 4.76. The van der Waals surface area contributed by atoms with E-state index in [2.05, 4.69) is 19.9 Å². The van der Waals surface area contributed by atoms with Gasteiger partial charge in [0, 0.05) is 44.6 Å². The molecular weight excluding hydrogens is 270 g/mol. The van der Waals surface area contributed by atoms with Gasteiger partial charge in [-0.1, -0.05) is 0 Å². The van der Waals surface area contributed by atoms with Crippen LogP contribution in [0.4, 0.5) is 5.95 Å². The molecule has 3 rings (SSSR count). The highest BCUT2D eigenvalue weighted by Gasteiger charge is 2.23. The molecule has 7 heteroatoms. The Bertz CT molecular complexity index is 606. The molecule has 2 aromatic rings. The molecule has 1 amide bonds.